The first-order valence-electron chi connectivity index (χ1n) is 7.02. The summed E-state index contributed by atoms with van der Waals surface area (Å²) in [7, 11) is -2.13. The quantitative estimate of drug-likeness (QED) is 0.926. The Kier molecular flexibility index (Phi) is 3.26. The van der Waals surface area contributed by atoms with Crippen molar-refractivity contribution in [2.45, 2.75) is 31.1 Å². The van der Waals surface area contributed by atoms with Crippen molar-refractivity contribution >= 4 is 27.4 Å². The highest BCUT2D eigenvalue weighted by atomic mass is 32.2. The molecule has 2 aromatic rings. The molecule has 0 fully saturated rings. The number of carbonyl (C=O) groups excluding carboxylic acids is 1. The number of likely N-dealkylation sites (N-methyl/N-ethyl adjacent to an activating group) is 1. The number of nitrogens with one attached hydrogen (secondary N) is 1. The van der Waals surface area contributed by atoms with Crippen LogP contribution in [0.1, 0.15) is 25.2 Å². The molecule has 0 aliphatic carbocycles. The number of rotatable bonds is 3. The molecule has 0 atom stereocenters. The topological polar surface area (TPSA) is 92.5 Å². The molecule has 1 aromatic carbocycles. The molecule has 122 valence electrons. The minimum Gasteiger partial charge on any atom is -0.360 e. The second-order valence-electron chi connectivity index (χ2n) is 6.10. The van der Waals surface area contributed by atoms with Crippen LogP contribution in [0.4, 0.5) is 11.5 Å². The molecule has 1 aliphatic heterocycles. The monoisotopic (exact) mass is 335 g/mol. The zero-order valence-electron chi connectivity index (χ0n) is 13.2. The summed E-state index contributed by atoms with van der Waals surface area (Å²) in [6.07, 6.45) is 0. The van der Waals surface area contributed by atoms with Gasteiger partial charge in [-0.15, -0.1) is 0 Å². The van der Waals surface area contributed by atoms with E-state index >= 15 is 0 Å². The van der Waals surface area contributed by atoms with E-state index < -0.39 is 15.4 Å². The van der Waals surface area contributed by atoms with Gasteiger partial charge in [0.1, 0.15) is 5.76 Å². The third-order valence-corrected chi connectivity index (χ3v) is 5.37. The number of sulfonamides is 1. The van der Waals surface area contributed by atoms with Crippen molar-refractivity contribution < 1.29 is 17.7 Å². The Hall–Kier alpha value is -2.35. The van der Waals surface area contributed by atoms with E-state index in [1.807, 2.05) is 0 Å². The highest BCUT2D eigenvalue weighted by molar-refractivity contribution is 7.92. The lowest BCUT2D eigenvalue weighted by Crippen LogP contribution is -2.33. The molecule has 0 bridgehead atoms. The molecule has 0 radical (unpaired) electrons. The molecular formula is C15H17N3O4S. The van der Waals surface area contributed by atoms with Gasteiger partial charge in [-0.05, 0) is 44.5 Å². The van der Waals surface area contributed by atoms with Crippen LogP contribution in [0.3, 0.4) is 0 Å². The van der Waals surface area contributed by atoms with Crippen molar-refractivity contribution in [3.05, 3.63) is 35.6 Å². The van der Waals surface area contributed by atoms with Gasteiger partial charge in [-0.1, -0.05) is 5.16 Å². The van der Waals surface area contributed by atoms with E-state index in [9.17, 15) is 13.2 Å². The number of aromatic nitrogens is 1. The van der Waals surface area contributed by atoms with Gasteiger partial charge in [0.15, 0.2) is 5.82 Å². The van der Waals surface area contributed by atoms with Crippen LogP contribution in [-0.4, -0.2) is 26.5 Å². The number of aryl methyl sites for hydroxylation is 1. The normalized spacial score (nSPS) is 16.5. The third kappa shape index (κ3) is 2.39. The Morgan fingerprint density at radius 2 is 1.96 bits per heavy atom. The van der Waals surface area contributed by atoms with E-state index in [4.69, 9.17) is 4.52 Å². The first-order chi connectivity index (χ1) is 10.6. The van der Waals surface area contributed by atoms with Gasteiger partial charge in [0, 0.05) is 18.8 Å². The number of carbonyl (C=O) groups is 1. The van der Waals surface area contributed by atoms with Gasteiger partial charge in [-0.2, -0.15) is 0 Å². The minimum absolute atomic E-state index is 0.0675. The van der Waals surface area contributed by atoms with E-state index in [-0.39, 0.29) is 16.6 Å². The second-order valence-corrected chi connectivity index (χ2v) is 7.78. The van der Waals surface area contributed by atoms with Crippen LogP contribution in [0.25, 0.3) is 0 Å². The molecule has 0 spiro atoms. The van der Waals surface area contributed by atoms with Crippen molar-refractivity contribution in [3.8, 4) is 0 Å². The summed E-state index contributed by atoms with van der Waals surface area (Å²) in [5.74, 6) is 0.558. The predicted octanol–water partition coefficient (Wildman–Crippen LogP) is 2.04. The maximum Gasteiger partial charge on any atom is 0.263 e. The van der Waals surface area contributed by atoms with Crippen LogP contribution in [0.15, 0.2) is 33.7 Å². The Balaban J connectivity index is 2.03. The second kappa shape index (κ2) is 4.82. The first kappa shape index (κ1) is 15.5. The lowest BCUT2D eigenvalue weighted by Gasteiger charge is -2.16. The summed E-state index contributed by atoms with van der Waals surface area (Å²) in [6, 6.07) is 6.14. The standard InChI is InChI=1S/C15H17N3O4S/c1-9-7-13(16-22-9)17-23(20,21)10-5-6-12-11(8-10)15(2,3)14(19)18(12)4/h5-8H,1-4H3,(H,16,17). The summed E-state index contributed by atoms with van der Waals surface area (Å²) < 4.78 is 32.2. The largest absolute Gasteiger partial charge is 0.360 e. The van der Waals surface area contributed by atoms with Crippen LogP contribution in [-0.2, 0) is 20.2 Å². The lowest BCUT2D eigenvalue weighted by molar-refractivity contribution is -0.121. The Bertz CT molecular complexity index is 899. The Labute approximate surface area is 134 Å². The fourth-order valence-electron chi connectivity index (χ4n) is 2.73. The molecule has 8 heteroatoms. The molecular weight excluding hydrogens is 318 g/mol. The highest BCUT2D eigenvalue weighted by Gasteiger charge is 2.42. The van der Waals surface area contributed by atoms with Gasteiger partial charge in [-0.25, -0.2) is 8.42 Å². The number of hydrogen-bond acceptors (Lipinski definition) is 5. The van der Waals surface area contributed by atoms with E-state index in [1.54, 1.807) is 38.8 Å². The first-order valence-corrected chi connectivity index (χ1v) is 8.50. The number of nitrogens with zero attached hydrogens (tertiary/aromatic N) is 2. The van der Waals surface area contributed by atoms with Crippen LogP contribution in [0.2, 0.25) is 0 Å². The lowest BCUT2D eigenvalue weighted by atomic mass is 9.86. The number of benzene rings is 1. The average Bonchev–Trinajstić information content (AvgIpc) is 2.95. The summed E-state index contributed by atoms with van der Waals surface area (Å²) in [6.45, 7) is 5.23. The number of hydrogen-bond donors (Lipinski definition) is 1. The van der Waals surface area contributed by atoms with E-state index in [0.717, 1.165) is 5.69 Å². The van der Waals surface area contributed by atoms with Crippen molar-refractivity contribution in [2.75, 3.05) is 16.7 Å². The molecule has 1 aliphatic rings. The van der Waals surface area contributed by atoms with Crippen molar-refractivity contribution in [1.82, 2.24) is 5.16 Å². The molecule has 7 nitrogen and oxygen atoms in total. The van der Waals surface area contributed by atoms with E-state index in [2.05, 4.69) is 9.88 Å². The fourth-order valence-corrected chi connectivity index (χ4v) is 3.74. The molecule has 23 heavy (non-hydrogen) atoms. The van der Waals surface area contributed by atoms with Gasteiger partial charge in [0.25, 0.3) is 10.0 Å². The van der Waals surface area contributed by atoms with E-state index in [1.165, 1.54) is 18.2 Å². The Morgan fingerprint density at radius 1 is 1.26 bits per heavy atom. The minimum atomic E-state index is -3.81. The summed E-state index contributed by atoms with van der Waals surface area (Å²) in [4.78, 5) is 13.9. The van der Waals surface area contributed by atoms with Gasteiger partial charge in [0.2, 0.25) is 5.91 Å². The summed E-state index contributed by atoms with van der Waals surface area (Å²) in [5.41, 5.74) is 0.639. The molecule has 0 unspecified atom stereocenters. The van der Waals surface area contributed by atoms with Crippen LogP contribution >= 0.6 is 0 Å². The van der Waals surface area contributed by atoms with Gasteiger partial charge in [0.05, 0.1) is 10.3 Å². The summed E-state index contributed by atoms with van der Waals surface area (Å²) in [5, 5.41) is 3.62. The summed E-state index contributed by atoms with van der Waals surface area (Å²) >= 11 is 0. The van der Waals surface area contributed by atoms with Gasteiger partial charge in [-0.3, -0.25) is 9.52 Å². The molecule has 2 heterocycles. The molecule has 0 saturated heterocycles. The maximum atomic E-state index is 12.5. The third-order valence-electron chi connectivity index (χ3n) is 4.02. The number of anilines is 2. The van der Waals surface area contributed by atoms with Gasteiger partial charge < -0.3 is 9.42 Å². The van der Waals surface area contributed by atoms with Crippen LogP contribution < -0.4 is 9.62 Å². The maximum absolute atomic E-state index is 12.5. The fraction of sp³-hybridized carbons (Fsp3) is 0.333. The average molecular weight is 335 g/mol. The van der Waals surface area contributed by atoms with E-state index in [0.29, 0.717) is 11.3 Å². The number of amides is 1. The van der Waals surface area contributed by atoms with Gasteiger partial charge >= 0.3 is 0 Å². The zero-order chi connectivity index (χ0) is 17.0. The Morgan fingerprint density at radius 3 is 2.57 bits per heavy atom. The molecule has 1 N–H and O–H groups in total. The molecule has 1 amide bonds. The zero-order valence-corrected chi connectivity index (χ0v) is 14.1. The van der Waals surface area contributed by atoms with Crippen LogP contribution in [0, 0.1) is 6.92 Å². The predicted molar refractivity (Wildman–Crippen MR) is 84.9 cm³/mol. The van der Waals surface area contributed by atoms with Crippen molar-refractivity contribution in [1.29, 1.82) is 0 Å². The molecule has 1 aromatic heterocycles. The SMILES string of the molecule is Cc1cc(NS(=O)(=O)c2ccc3c(c2)C(C)(C)C(=O)N3C)no1. The highest BCUT2D eigenvalue weighted by Crippen LogP contribution is 2.41. The van der Waals surface area contributed by atoms with Crippen molar-refractivity contribution in [3.63, 3.8) is 0 Å². The smallest absolute Gasteiger partial charge is 0.263 e. The molecule has 3 rings (SSSR count). The van der Waals surface area contributed by atoms with Crippen LogP contribution in [0.5, 0.6) is 0 Å². The number of fused-ring (bicyclic) bond motifs is 1. The molecule has 0 saturated carbocycles. The van der Waals surface area contributed by atoms with Crippen molar-refractivity contribution in [2.24, 2.45) is 0 Å².